The Labute approximate surface area is 81.5 Å². The molecule has 1 aliphatic carbocycles. The number of nitrogens with two attached hydrogens (primary N) is 1. The van der Waals surface area contributed by atoms with Gasteiger partial charge in [-0.25, -0.2) is 0 Å². The Balaban J connectivity index is 1.84. The molecule has 1 saturated heterocycles. The van der Waals surface area contributed by atoms with Gasteiger partial charge in [0.25, 0.3) is 0 Å². The highest BCUT2D eigenvalue weighted by Crippen LogP contribution is 2.42. The van der Waals surface area contributed by atoms with Crippen molar-refractivity contribution < 1.29 is 0 Å². The minimum absolute atomic E-state index is 0.457. The normalized spacial score (nSPS) is 29.1. The topological polar surface area (TPSA) is 29.3 Å². The molecule has 2 nitrogen and oxygen atoms in total. The van der Waals surface area contributed by atoms with Crippen LogP contribution in [0.4, 0.5) is 0 Å². The van der Waals surface area contributed by atoms with Gasteiger partial charge in [-0.3, -0.25) is 4.90 Å². The molecule has 0 unspecified atom stereocenters. The van der Waals surface area contributed by atoms with Gasteiger partial charge in [-0.2, -0.15) is 0 Å². The summed E-state index contributed by atoms with van der Waals surface area (Å²) in [7, 11) is 0. The van der Waals surface area contributed by atoms with E-state index in [-0.39, 0.29) is 0 Å². The highest BCUT2D eigenvalue weighted by molar-refractivity contribution is 5.05. The maximum absolute atomic E-state index is 5.83. The lowest BCUT2D eigenvalue weighted by Gasteiger charge is -2.37. The summed E-state index contributed by atoms with van der Waals surface area (Å²) in [6.07, 6.45) is 6.86. The number of hydrogen-bond acceptors (Lipinski definition) is 2. The minimum Gasteiger partial charge on any atom is -0.329 e. The molecule has 1 heterocycles. The van der Waals surface area contributed by atoms with E-state index in [0.29, 0.717) is 5.54 Å². The van der Waals surface area contributed by atoms with Crippen LogP contribution >= 0.6 is 0 Å². The average Bonchev–Trinajstić information content (AvgIpc) is 2.99. The highest BCUT2D eigenvalue weighted by atomic mass is 15.2. The van der Waals surface area contributed by atoms with Gasteiger partial charge in [-0.1, -0.05) is 13.3 Å². The van der Waals surface area contributed by atoms with Crippen molar-refractivity contribution in [2.24, 2.45) is 11.7 Å². The van der Waals surface area contributed by atoms with Gasteiger partial charge >= 0.3 is 0 Å². The molecule has 0 radical (unpaired) electrons. The lowest BCUT2D eigenvalue weighted by atomic mass is 9.93. The van der Waals surface area contributed by atoms with Crippen LogP contribution in [0.15, 0.2) is 0 Å². The van der Waals surface area contributed by atoms with Gasteiger partial charge < -0.3 is 5.73 Å². The first-order valence-electron chi connectivity index (χ1n) is 5.76. The lowest BCUT2D eigenvalue weighted by Crippen LogP contribution is -2.47. The zero-order chi connectivity index (χ0) is 9.31. The average molecular weight is 182 g/mol. The van der Waals surface area contributed by atoms with Gasteiger partial charge in [-0.15, -0.1) is 0 Å². The van der Waals surface area contributed by atoms with E-state index in [9.17, 15) is 0 Å². The number of piperidine rings is 1. The second-order valence-corrected chi connectivity index (χ2v) is 4.77. The molecule has 0 bridgehead atoms. The molecule has 2 heteroatoms. The third-order valence-electron chi connectivity index (χ3n) is 4.07. The predicted octanol–water partition coefficient (Wildman–Crippen LogP) is 1.60. The number of likely N-dealkylation sites (tertiary alicyclic amines) is 1. The summed E-state index contributed by atoms with van der Waals surface area (Å²) < 4.78 is 0. The molecule has 0 aromatic rings. The maximum atomic E-state index is 5.83. The molecule has 2 aliphatic rings. The standard InChI is InChI=1S/C11H22N2/c1-2-10-3-7-13(8-4-10)11(9-12)5-6-11/h10H,2-9,12H2,1H3. The first kappa shape index (κ1) is 9.47. The monoisotopic (exact) mass is 182 g/mol. The van der Waals surface area contributed by atoms with Crippen LogP contribution in [0.3, 0.4) is 0 Å². The first-order chi connectivity index (χ1) is 6.30. The summed E-state index contributed by atoms with van der Waals surface area (Å²) in [5.41, 5.74) is 6.28. The van der Waals surface area contributed by atoms with Gasteiger partial charge in [0.1, 0.15) is 0 Å². The Bertz CT molecular complexity index is 167. The van der Waals surface area contributed by atoms with Gasteiger partial charge in [0.15, 0.2) is 0 Å². The fourth-order valence-corrected chi connectivity index (χ4v) is 2.61. The van der Waals surface area contributed by atoms with Crippen LogP contribution < -0.4 is 5.73 Å². The molecule has 0 spiro atoms. The zero-order valence-corrected chi connectivity index (χ0v) is 8.76. The van der Waals surface area contributed by atoms with Crippen LogP contribution in [0.2, 0.25) is 0 Å². The Kier molecular flexibility index (Phi) is 2.61. The van der Waals surface area contributed by atoms with Crippen molar-refractivity contribution in [3.05, 3.63) is 0 Å². The number of hydrogen-bond donors (Lipinski definition) is 1. The Morgan fingerprint density at radius 2 is 1.92 bits per heavy atom. The Hall–Kier alpha value is -0.0800. The summed E-state index contributed by atoms with van der Waals surface area (Å²) in [5.74, 6) is 0.991. The van der Waals surface area contributed by atoms with Crippen LogP contribution in [0.5, 0.6) is 0 Å². The molecule has 1 aliphatic heterocycles. The van der Waals surface area contributed by atoms with E-state index in [1.165, 1.54) is 45.2 Å². The smallest absolute Gasteiger partial charge is 0.0333 e. The van der Waals surface area contributed by atoms with E-state index in [1.54, 1.807) is 0 Å². The Morgan fingerprint density at radius 1 is 1.31 bits per heavy atom. The molecule has 0 aromatic heterocycles. The SMILES string of the molecule is CCC1CCN(C2(CN)CC2)CC1. The number of nitrogens with zero attached hydrogens (tertiary/aromatic N) is 1. The molecule has 0 aromatic carbocycles. The van der Waals surface area contributed by atoms with Crippen molar-refractivity contribution in [3.63, 3.8) is 0 Å². The molecule has 76 valence electrons. The molecular weight excluding hydrogens is 160 g/mol. The molecule has 2 rings (SSSR count). The predicted molar refractivity (Wildman–Crippen MR) is 55.6 cm³/mol. The second kappa shape index (κ2) is 3.58. The van der Waals surface area contributed by atoms with Crippen molar-refractivity contribution in [1.82, 2.24) is 4.90 Å². The lowest BCUT2D eigenvalue weighted by molar-refractivity contribution is 0.120. The van der Waals surface area contributed by atoms with Gasteiger partial charge in [0.2, 0.25) is 0 Å². The third kappa shape index (κ3) is 1.75. The largest absolute Gasteiger partial charge is 0.329 e. The van der Waals surface area contributed by atoms with Gasteiger partial charge in [0, 0.05) is 12.1 Å². The summed E-state index contributed by atoms with van der Waals surface area (Å²) in [6.45, 7) is 5.80. The molecule has 13 heavy (non-hydrogen) atoms. The number of rotatable bonds is 3. The summed E-state index contributed by atoms with van der Waals surface area (Å²) >= 11 is 0. The van der Waals surface area contributed by atoms with E-state index >= 15 is 0 Å². The van der Waals surface area contributed by atoms with E-state index in [4.69, 9.17) is 5.73 Å². The fourth-order valence-electron chi connectivity index (χ4n) is 2.61. The molecular formula is C11H22N2. The van der Waals surface area contributed by atoms with Gasteiger partial charge in [-0.05, 0) is 44.7 Å². The van der Waals surface area contributed by atoms with Crippen LogP contribution in [0.25, 0.3) is 0 Å². The van der Waals surface area contributed by atoms with Crippen LogP contribution in [-0.2, 0) is 0 Å². The second-order valence-electron chi connectivity index (χ2n) is 4.77. The quantitative estimate of drug-likeness (QED) is 0.718. The van der Waals surface area contributed by atoms with Crippen LogP contribution in [0, 0.1) is 5.92 Å². The Morgan fingerprint density at radius 3 is 2.31 bits per heavy atom. The molecule has 1 saturated carbocycles. The van der Waals surface area contributed by atoms with Crippen molar-refractivity contribution in [2.45, 2.75) is 44.6 Å². The molecule has 0 atom stereocenters. The summed E-state index contributed by atoms with van der Waals surface area (Å²) in [6, 6.07) is 0. The molecule has 2 fully saturated rings. The van der Waals surface area contributed by atoms with Crippen LogP contribution in [-0.4, -0.2) is 30.1 Å². The van der Waals surface area contributed by atoms with E-state index in [0.717, 1.165) is 12.5 Å². The minimum atomic E-state index is 0.457. The van der Waals surface area contributed by atoms with Crippen molar-refractivity contribution in [3.8, 4) is 0 Å². The first-order valence-corrected chi connectivity index (χ1v) is 5.76. The summed E-state index contributed by atoms with van der Waals surface area (Å²) in [5, 5.41) is 0. The zero-order valence-electron chi connectivity index (χ0n) is 8.76. The fraction of sp³-hybridized carbons (Fsp3) is 1.00. The van der Waals surface area contributed by atoms with Crippen molar-refractivity contribution in [1.29, 1.82) is 0 Å². The maximum Gasteiger partial charge on any atom is 0.0333 e. The van der Waals surface area contributed by atoms with E-state index < -0.39 is 0 Å². The van der Waals surface area contributed by atoms with E-state index in [2.05, 4.69) is 11.8 Å². The molecule has 0 amide bonds. The van der Waals surface area contributed by atoms with E-state index in [1.807, 2.05) is 0 Å². The third-order valence-corrected chi connectivity index (χ3v) is 4.07. The highest BCUT2D eigenvalue weighted by Gasteiger charge is 2.47. The summed E-state index contributed by atoms with van der Waals surface area (Å²) in [4.78, 5) is 2.65. The van der Waals surface area contributed by atoms with Crippen LogP contribution in [0.1, 0.15) is 39.0 Å². The van der Waals surface area contributed by atoms with Gasteiger partial charge in [0.05, 0.1) is 0 Å². The molecule has 2 N–H and O–H groups in total. The van der Waals surface area contributed by atoms with Crippen molar-refractivity contribution >= 4 is 0 Å². The van der Waals surface area contributed by atoms with Crippen molar-refractivity contribution in [2.75, 3.05) is 19.6 Å².